The van der Waals surface area contributed by atoms with Crippen molar-refractivity contribution in [2.24, 2.45) is 9.98 Å². The molecule has 2 aromatic carbocycles. The lowest BCUT2D eigenvalue weighted by Gasteiger charge is -2.26. The molecule has 0 bridgehead atoms. The van der Waals surface area contributed by atoms with Crippen LogP contribution in [-0.4, -0.2) is 84.3 Å². The van der Waals surface area contributed by atoms with E-state index in [9.17, 15) is 4.79 Å². The van der Waals surface area contributed by atoms with Crippen LogP contribution in [-0.2, 0) is 30.9 Å². The molecule has 2 aliphatic heterocycles. The third-order valence-electron chi connectivity index (χ3n) is 10.1. The number of hydrogen-bond donors (Lipinski definition) is 3. The minimum Gasteiger partial charge on any atom is -0.444 e. The van der Waals surface area contributed by atoms with Crippen molar-refractivity contribution in [1.29, 1.82) is 0 Å². The molecule has 5 N–H and O–H groups in total. The number of nitrogens with one attached hydrogen (secondary N) is 1. The van der Waals surface area contributed by atoms with Gasteiger partial charge in [0.25, 0.3) is 0 Å². The van der Waals surface area contributed by atoms with Crippen LogP contribution in [0.4, 0.5) is 16.4 Å². The molecule has 0 unspecified atom stereocenters. The van der Waals surface area contributed by atoms with Gasteiger partial charge in [-0.25, -0.2) is 24.7 Å². The first-order chi connectivity index (χ1) is 27.4. The van der Waals surface area contributed by atoms with Crippen LogP contribution in [0.5, 0.6) is 0 Å². The standard InChI is InChI=1S/C24H30N6O2.C19H22N6.ClH/c1-6-29(23(31)32-24(3,4)5)14-19-28-20-21(30(19)7-2)17-9-8-15(16-10-11-26-13-16)12-18(17)27-22(20)25;1-3-21-11-16-24-17-18(25(16)4-2)14-6-5-12(13-7-8-22-10-13)9-15(14)23-19(17)20;/h8-12H,6-7,13-14H2,1-5H3,(H2,25,27);5-9,21H,3-4,10-11H2,1-2H3,(H2,20,23);1H. The van der Waals surface area contributed by atoms with Crippen LogP contribution in [0.15, 0.2) is 58.5 Å². The quantitative estimate of drug-likeness (QED) is 0.126. The van der Waals surface area contributed by atoms with Crippen LogP contribution in [0.1, 0.15) is 71.2 Å². The molecule has 8 rings (SSSR count). The van der Waals surface area contributed by atoms with Gasteiger partial charge in [-0.15, -0.1) is 12.4 Å². The minimum atomic E-state index is -0.558. The Morgan fingerprint density at radius 2 is 1.28 bits per heavy atom. The fourth-order valence-electron chi connectivity index (χ4n) is 7.36. The zero-order chi connectivity index (χ0) is 40.4. The predicted octanol–water partition coefficient (Wildman–Crippen LogP) is 7.60. The number of carbonyl (C=O) groups is 1. The number of imidazole rings is 2. The maximum atomic E-state index is 12.7. The van der Waals surface area contributed by atoms with Gasteiger partial charge in [0, 0.05) is 42.8 Å². The summed E-state index contributed by atoms with van der Waals surface area (Å²) in [5.74, 6) is 2.62. The molecular weight excluding hydrogens is 752 g/mol. The highest BCUT2D eigenvalue weighted by molar-refractivity contribution is 6.09. The SMILES string of the molecule is CCN(Cc1nc2c(N)nc3cc(C4=CC=NC4)ccc3c2n1CC)C(=O)OC(C)(C)C.CCNCc1nc2c(N)nc3cc(C4=CC=NC4)ccc3c2n1CC.Cl. The summed E-state index contributed by atoms with van der Waals surface area (Å²) in [6.07, 6.45) is 7.39. The summed E-state index contributed by atoms with van der Waals surface area (Å²) in [7, 11) is 0. The van der Waals surface area contributed by atoms with E-state index in [-0.39, 0.29) is 18.5 Å². The van der Waals surface area contributed by atoms with Crippen molar-refractivity contribution in [2.45, 2.75) is 80.2 Å². The molecule has 14 nitrogen and oxygen atoms in total. The Hall–Kier alpha value is -5.86. The monoisotopic (exact) mass is 804 g/mol. The zero-order valence-corrected chi connectivity index (χ0v) is 35.2. The molecule has 0 spiro atoms. The average Bonchev–Trinajstić information content (AvgIpc) is 4.02. The van der Waals surface area contributed by atoms with Crippen LogP contribution >= 0.6 is 12.4 Å². The maximum Gasteiger partial charge on any atom is 0.410 e. The summed E-state index contributed by atoms with van der Waals surface area (Å²) in [6, 6.07) is 12.6. The van der Waals surface area contributed by atoms with Crippen molar-refractivity contribution in [3.8, 4) is 0 Å². The topological polar surface area (TPSA) is 180 Å². The molecule has 304 valence electrons. The second-order valence-corrected chi connectivity index (χ2v) is 15.0. The number of rotatable bonds is 10. The molecule has 0 aliphatic carbocycles. The summed E-state index contributed by atoms with van der Waals surface area (Å²) in [4.78, 5) is 41.7. The molecule has 0 saturated carbocycles. The number of halogens is 1. The highest BCUT2D eigenvalue weighted by Gasteiger charge is 2.25. The molecule has 0 radical (unpaired) electrons. The van der Waals surface area contributed by atoms with Gasteiger partial charge in [-0.3, -0.25) is 9.98 Å². The van der Waals surface area contributed by atoms with E-state index in [0.29, 0.717) is 43.3 Å². The van der Waals surface area contributed by atoms with Gasteiger partial charge in [-0.2, -0.15) is 0 Å². The van der Waals surface area contributed by atoms with E-state index < -0.39 is 5.60 Å². The van der Waals surface area contributed by atoms with Crippen LogP contribution in [0.2, 0.25) is 0 Å². The van der Waals surface area contributed by atoms with E-state index >= 15 is 0 Å². The molecule has 6 aromatic rings. The number of nitrogen functional groups attached to an aromatic ring is 2. The van der Waals surface area contributed by atoms with E-state index in [4.69, 9.17) is 26.2 Å². The lowest BCUT2D eigenvalue weighted by atomic mass is 10.0. The number of ether oxygens (including phenoxy) is 1. The number of nitrogens with zero attached hydrogens (tertiary/aromatic N) is 9. The van der Waals surface area contributed by atoms with Gasteiger partial charge in [-0.05, 0) is 94.6 Å². The smallest absolute Gasteiger partial charge is 0.410 e. The Morgan fingerprint density at radius 3 is 1.71 bits per heavy atom. The highest BCUT2D eigenvalue weighted by atomic mass is 35.5. The number of hydrogen-bond acceptors (Lipinski definition) is 11. The third kappa shape index (κ3) is 8.25. The van der Waals surface area contributed by atoms with Gasteiger partial charge in [0.05, 0.1) is 48.2 Å². The molecule has 0 atom stereocenters. The number of anilines is 2. The molecular formula is C43H53ClN12O2. The Bertz CT molecular complexity index is 2630. The van der Waals surface area contributed by atoms with Crippen LogP contribution < -0.4 is 16.8 Å². The Balaban J connectivity index is 0.000000198. The van der Waals surface area contributed by atoms with Gasteiger partial charge >= 0.3 is 6.09 Å². The van der Waals surface area contributed by atoms with Gasteiger partial charge < -0.3 is 35.6 Å². The van der Waals surface area contributed by atoms with Gasteiger partial charge in [0.2, 0.25) is 0 Å². The highest BCUT2D eigenvalue weighted by Crippen LogP contribution is 2.33. The number of nitrogens with two attached hydrogens (primary N) is 2. The zero-order valence-electron chi connectivity index (χ0n) is 34.3. The van der Waals surface area contributed by atoms with E-state index in [2.05, 4.69) is 91.6 Å². The van der Waals surface area contributed by atoms with Gasteiger partial charge in [0.1, 0.15) is 28.3 Å². The second-order valence-electron chi connectivity index (χ2n) is 15.0. The number of aryl methyl sites for hydroxylation is 2. The fourth-order valence-corrected chi connectivity index (χ4v) is 7.36. The average molecular weight is 805 g/mol. The van der Waals surface area contributed by atoms with Gasteiger partial charge in [-0.1, -0.05) is 31.2 Å². The van der Waals surface area contributed by atoms with E-state index in [1.807, 2.05) is 52.3 Å². The first kappa shape index (κ1) is 41.8. The van der Waals surface area contributed by atoms with Crippen molar-refractivity contribution >= 4 is 97.6 Å². The number of amides is 1. The molecule has 4 aromatic heterocycles. The summed E-state index contributed by atoms with van der Waals surface area (Å²) in [6.45, 7) is 19.2. The Morgan fingerprint density at radius 1 is 0.776 bits per heavy atom. The Labute approximate surface area is 344 Å². The molecule has 0 fully saturated rings. The fraction of sp³-hybridized carbons (Fsp3) is 0.372. The first-order valence-electron chi connectivity index (χ1n) is 19.7. The largest absolute Gasteiger partial charge is 0.444 e. The van der Waals surface area contributed by atoms with Crippen LogP contribution in [0, 0.1) is 0 Å². The number of allylic oxidation sites excluding steroid dienone is 2. The molecule has 1 amide bonds. The summed E-state index contributed by atoms with van der Waals surface area (Å²) >= 11 is 0. The molecule has 58 heavy (non-hydrogen) atoms. The summed E-state index contributed by atoms with van der Waals surface area (Å²) in [5.41, 5.74) is 21.8. The second kappa shape index (κ2) is 17.3. The Kier molecular flexibility index (Phi) is 12.5. The summed E-state index contributed by atoms with van der Waals surface area (Å²) in [5, 5.41) is 5.42. The number of benzene rings is 2. The van der Waals surface area contributed by atoms with E-state index in [1.54, 1.807) is 4.90 Å². The minimum absolute atomic E-state index is 0. The lowest BCUT2D eigenvalue weighted by Crippen LogP contribution is -2.37. The maximum absolute atomic E-state index is 12.7. The first-order valence-corrected chi connectivity index (χ1v) is 19.7. The molecule has 0 saturated heterocycles. The van der Waals surface area contributed by atoms with Crippen molar-refractivity contribution in [3.63, 3.8) is 0 Å². The number of pyridine rings is 2. The van der Waals surface area contributed by atoms with E-state index in [0.717, 1.165) is 92.9 Å². The van der Waals surface area contributed by atoms with Gasteiger partial charge in [0.15, 0.2) is 11.6 Å². The lowest BCUT2D eigenvalue weighted by molar-refractivity contribution is 0.0238. The third-order valence-corrected chi connectivity index (χ3v) is 10.1. The van der Waals surface area contributed by atoms with Crippen molar-refractivity contribution in [2.75, 3.05) is 37.6 Å². The van der Waals surface area contributed by atoms with E-state index in [1.165, 1.54) is 5.57 Å². The van der Waals surface area contributed by atoms with Crippen LogP contribution in [0.25, 0.3) is 55.0 Å². The van der Waals surface area contributed by atoms with Crippen LogP contribution in [0.3, 0.4) is 0 Å². The van der Waals surface area contributed by atoms with Crippen molar-refractivity contribution < 1.29 is 9.53 Å². The molecule has 2 aliphatic rings. The number of aliphatic imine (C=N–C) groups is 2. The number of fused-ring (bicyclic) bond motifs is 6. The molecule has 6 heterocycles. The van der Waals surface area contributed by atoms with Crippen molar-refractivity contribution in [1.82, 2.24) is 39.3 Å². The summed E-state index contributed by atoms with van der Waals surface area (Å²) < 4.78 is 9.91. The molecule has 15 heteroatoms. The predicted molar refractivity (Wildman–Crippen MR) is 240 cm³/mol. The number of aromatic nitrogens is 6. The van der Waals surface area contributed by atoms with Crippen molar-refractivity contribution in [3.05, 3.63) is 71.3 Å². The number of carbonyl (C=O) groups excluding carboxylic acids is 1. The normalized spacial score (nSPS) is 13.6.